The molecule has 3 heteroatoms. The molecule has 2 unspecified atom stereocenters. The van der Waals surface area contributed by atoms with Crippen LogP contribution in [0.4, 0.5) is 0 Å². The fourth-order valence-electron chi connectivity index (χ4n) is 2.67. The Morgan fingerprint density at radius 3 is 2.00 bits per heavy atom. The van der Waals surface area contributed by atoms with Crippen LogP contribution in [0, 0.1) is 5.92 Å². The number of hydrogen-bond acceptors (Lipinski definition) is 2. The molecule has 0 spiro atoms. The van der Waals surface area contributed by atoms with Crippen LogP contribution in [0.1, 0.15) is 98.3 Å². The summed E-state index contributed by atoms with van der Waals surface area (Å²) >= 11 is 0. The minimum atomic E-state index is -0.214. The van der Waals surface area contributed by atoms with Gasteiger partial charge in [-0.3, -0.25) is 4.79 Å². The minimum absolute atomic E-state index is 0.0516. The molecule has 0 aromatic rings. The second-order valence-electron chi connectivity index (χ2n) is 7.38. The van der Waals surface area contributed by atoms with Gasteiger partial charge in [0, 0.05) is 10.2 Å². The molecule has 0 aliphatic carbocycles. The SMILES string of the molecule is CCCCCCCOC(=O)C(C)([SiH3])C(C)CCCCCCC. The van der Waals surface area contributed by atoms with Crippen LogP contribution in [0.5, 0.6) is 0 Å². The fourth-order valence-corrected chi connectivity index (χ4v) is 3.11. The van der Waals surface area contributed by atoms with E-state index in [4.69, 9.17) is 4.74 Å². The van der Waals surface area contributed by atoms with Gasteiger partial charge in [-0.2, -0.15) is 0 Å². The standard InChI is InChI=1S/C19H40O2Si/c1-5-7-9-11-13-15-17(3)19(4,22)18(20)21-16-14-12-10-8-6-2/h17H,5-16H2,1-4,22H3. The molecule has 0 heterocycles. The van der Waals surface area contributed by atoms with Crippen molar-refractivity contribution in [3.05, 3.63) is 0 Å². The smallest absolute Gasteiger partial charge is 0.308 e. The zero-order valence-corrected chi connectivity index (χ0v) is 17.9. The summed E-state index contributed by atoms with van der Waals surface area (Å²) < 4.78 is 5.55. The summed E-state index contributed by atoms with van der Waals surface area (Å²) in [7, 11) is 0.881. The first kappa shape index (κ1) is 21.7. The van der Waals surface area contributed by atoms with E-state index in [1.165, 1.54) is 57.8 Å². The molecule has 0 N–H and O–H groups in total. The molecule has 0 aliphatic rings. The Bertz CT molecular complexity index is 277. The van der Waals surface area contributed by atoms with E-state index in [2.05, 4.69) is 27.7 Å². The third kappa shape index (κ3) is 9.65. The normalized spacial score (nSPS) is 15.5. The summed E-state index contributed by atoms with van der Waals surface area (Å²) in [6, 6.07) is 0. The maximum Gasteiger partial charge on any atom is 0.308 e. The van der Waals surface area contributed by atoms with E-state index >= 15 is 0 Å². The van der Waals surface area contributed by atoms with E-state index in [9.17, 15) is 4.79 Å². The highest BCUT2D eigenvalue weighted by Gasteiger charge is 2.34. The molecule has 0 saturated heterocycles. The molecule has 2 atom stereocenters. The number of carbonyl (C=O) groups is 1. The van der Waals surface area contributed by atoms with Crippen molar-refractivity contribution in [2.75, 3.05) is 6.61 Å². The second kappa shape index (κ2) is 13.2. The number of hydrogen-bond donors (Lipinski definition) is 0. The third-order valence-corrected chi connectivity index (χ3v) is 6.37. The topological polar surface area (TPSA) is 26.3 Å². The summed E-state index contributed by atoms with van der Waals surface area (Å²) in [5.41, 5.74) is 0. The molecule has 0 bridgehead atoms. The van der Waals surface area contributed by atoms with Gasteiger partial charge in [0.15, 0.2) is 0 Å². The molecule has 22 heavy (non-hydrogen) atoms. The van der Waals surface area contributed by atoms with E-state index in [1.54, 1.807) is 0 Å². The van der Waals surface area contributed by atoms with Crippen molar-refractivity contribution in [2.45, 2.75) is 103 Å². The lowest BCUT2D eigenvalue weighted by Gasteiger charge is -2.29. The summed E-state index contributed by atoms with van der Waals surface area (Å²) in [5.74, 6) is 0.504. The van der Waals surface area contributed by atoms with E-state index in [1.807, 2.05) is 0 Å². The molecule has 0 aromatic heterocycles. The third-order valence-electron chi connectivity index (χ3n) is 4.98. The first-order valence-corrected chi connectivity index (χ1v) is 10.6. The average molecular weight is 329 g/mol. The fraction of sp³-hybridized carbons (Fsp3) is 0.947. The predicted molar refractivity (Wildman–Crippen MR) is 101 cm³/mol. The van der Waals surface area contributed by atoms with Gasteiger partial charge in [-0.05, 0) is 18.8 Å². The molecule has 0 amide bonds. The second-order valence-corrected chi connectivity index (χ2v) is 9.45. The Morgan fingerprint density at radius 1 is 0.955 bits per heavy atom. The number of rotatable bonds is 14. The molecular weight excluding hydrogens is 288 g/mol. The number of ether oxygens (including phenoxy) is 1. The Labute approximate surface area is 142 Å². The lowest BCUT2D eigenvalue weighted by molar-refractivity contribution is -0.148. The summed E-state index contributed by atoms with van der Waals surface area (Å²) in [6.45, 7) is 9.42. The monoisotopic (exact) mass is 328 g/mol. The van der Waals surface area contributed by atoms with Crippen molar-refractivity contribution < 1.29 is 9.53 Å². The van der Waals surface area contributed by atoms with Crippen molar-refractivity contribution >= 4 is 16.2 Å². The van der Waals surface area contributed by atoms with Gasteiger partial charge in [-0.1, -0.05) is 85.5 Å². The molecule has 0 rings (SSSR count). The van der Waals surface area contributed by atoms with Crippen molar-refractivity contribution in [3.8, 4) is 0 Å². The van der Waals surface area contributed by atoms with Gasteiger partial charge in [0.25, 0.3) is 0 Å². The van der Waals surface area contributed by atoms with Crippen molar-refractivity contribution in [1.29, 1.82) is 0 Å². The lowest BCUT2D eigenvalue weighted by atomic mass is 9.89. The molecule has 0 radical (unpaired) electrons. The number of esters is 1. The van der Waals surface area contributed by atoms with E-state index in [0.717, 1.165) is 23.1 Å². The van der Waals surface area contributed by atoms with Crippen molar-refractivity contribution in [1.82, 2.24) is 0 Å². The highest BCUT2D eigenvalue weighted by molar-refractivity contribution is 6.26. The van der Waals surface area contributed by atoms with Crippen LogP contribution in [0.3, 0.4) is 0 Å². The maximum atomic E-state index is 12.3. The van der Waals surface area contributed by atoms with Gasteiger partial charge in [-0.15, -0.1) is 0 Å². The van der Waals surface area contributed by atoms with Gasteiger partial charge in [0.05, 0.1) is 11.6 Å². The summed E-state index contributed by atoms with van der Waals surface area (Å²) in [5, 5.41) is -0.214. The molecule has 0 saturated carbocycles. The van der Waals surface area contributed by atoms with Crippen LogP contribution >= 0.6 is 0 Å². The Hall–Kier alpha value is -0.313. The van der Waals surface area contributed by atoms with Crippen LogP contribution < -0.4 is 0 Å². The maximum absolute atomic E-state index is 12.3. The van der Waals surface area contributed by atoms with Gasteiger partial charge in [0.2, 0.25) is 0 Å². The molecule has 0 aliphatic heterocycles. The molecule has 0 fully saturated rings. The quantitative estimate of drug-likeness (QED) is 0.254. The Balaban J connectivity index is 3.88. The Morgan fingerprint density at radius 2 is 1.45 bits per heavy atom. The molecule has 0 aromatic carbocycles. The van der Waals surface area contributed by atoms with Gasteiger partial charge in [-0.25, -0.2) is 0 Å². The van der Waals surface area contributed by atoms with E-state index in [0.29, 0.717) is 12.5 Å². The van der Waals surface area contributed by atoms with Gasteiger partial charge < -0.3 is 4.74 Å². The van der Waals surface area contributed by atoms with Crippen LogP contribution in [0.2, 0.25) is 5.04 Å². The minimum Gasteiger partial charge on any atom is -0.466 e. The average Bonchev–Trinajstić information content (AvgIpc) is 2.49. The summed E-state index contributed by atoms with van der Waals surface area (Å²) in [4.78, 5) is 12.3. The van der Waals surface area contributed by atoms with Gasteiger partial charge in [0.1, 0.15) is 0 Å². The number of carbonyl (C=O) groups excluding carboxylic acids is 1. The van der Waals surface area contributed by atoms with E-state index in [-0.39, 0.29) is 11.0 Å². The summed E-state index contributed by atoms with van der Waals surface area (Å²) in [6.07, 6.45) is 13.7. The lowest BCUT2D eigenvalue weighted by Crippen LogP contribution is -2.30. The molecule has 2 nitrogen and oxygen atoms in total. The predicted octanol–water partition coefficient (Wildman–Crippen LogP) is 5.04. The Kier molecular flexibility index (Phi) is 13.0. The van der Waals surface area contributed by atoms with Crippen LogP contribution in [-0.2, 0) is 9.53 Å². The van der Waals surface area contributed by atoms with Crippen LogP contribution in [0.25, 0.3) is 0 Å². The zero-order valence-electron chi connectivity index (χ0n) is 15.9. The van der Waals surface area contributed by atoms with Crippen molar-refractivity contribution in [3.63, 3.8) is 0 Å². The highest BCUT2D eigenvalue weighted by atomic mass is 28.1. The zero-order chi connectivity index (χ0) is 16.8. The first-order valence-electron chi connectivity index (χ1n) is 9.64. The van der Waals surface area contributed by atoms with Crippen LogP contribution in [-0.4, -0.2) is 22.8 Å². The van der Waals surface area contributed by atoms with Gasteiger partial charge >= 0.3 is 5.97 Å². The first-order chi connectivity index (χ1) is 10.5. The van der Waals surface area contributed by atoms with Crippen LogP contribution in [0.15, 0.2) is 0 Å². The molecular formula is C19H40O2Si. The van der Waals surface area contributed by atoms with E-state index < -0.39 is 0 Å². The molecule has 132 valence electrons. The highest BCUT2D eigenvalue weighted by Crippen LogP contribution is 2.36. The van der Waals surface area contributed by atoms with Crippen molar-refractivity contribution in [2.24, 2.45) is 5.92 Å². The largest absolute Gasteiger partial charge is 0.466 e. The number of unbranched alkanes of at least 4 members (excludes halogenated alkanes) is 8.